The summed E-state index contributed by atoms with van der Waals surface area (Å²) in [6.45, 7) is 8.12. The molecule has 0 bridgehead atoms. The van der Waals surface area contributed by atoms with Gasteiger partial charge in [-0.15, -0.1) is 0 Å². The lowest BCUT2D eigenvalue weighted by Crippen LogP contribution is -2.60. The second-order valence-corrected chi connectivity index (χ2v) is 6.95. The third kappa shape index (κ3) is 4.09. The van der Waals surface area contributed by atoms with Gasteiger partial charge in [-0.05, 0) is 52.9 Å². The lowest BCUT2D eigenvalue weighted by atomic mass is 9.74. The molecule has 1 fully saturated rings. The number of rotatable bonds is 5. The molecule has 0 aromatic rings. The van der Waals surface area contributed by atoms with E-state index in [1.165, 1.54) is 0 Å². The highest BCUT2D eigenvalue weighted by Crippen LogP contribution is 2.31. The highest BCUT2D eigenvalue weighted by molar-refractivity contribution is 5.79. The van der Waals surface area contributed by atoms with Crippen molar-refractivity contribution in [3.8, 4) is 0 Å². The van der Waals surface area contributed by atoms with Crippen molar-refractivity contribution >= 4 is 12.0 Å². The standard InChI is InChI=1S/C15H28N2O4/c1-14(2,12(19)20)15(3,4)16-13(21)17-8-5-6-11(10-17)7-9-18/h11,18H,5-10H2,1-4H3,(H,16,21)(H,19,20). The van der Waals surface area contributed by atoms with Crippen molar-refractivity contribution < 1.29 is 19.8 Å². The Morgan fingerprint density at radius 2 is 1.90 bits per heavy atom. The number of piperidine rings is 1. The van der Waals surface area contributed by atoms with E-state index in [-0.39, 0.29) is 12.6 Å². The van der Waals surface area contributed by atoms with Gasteiger partial charge in [0.15, 0.2) is 0 Å². The molecule has 6 heteroatoms. The number of aliphatic hydroxyl groups is 1. The van der Waals surface area contributed by atoms with E-state index >= 15 is 0 Å². The van der Waals surface area contributed by atoms with Gasteiger partial charge in [-0.1, -0.05) is 0 Å². The molecule has 1 rings (SSSR count). The maximum atomic E-state index is 12.4. The van der Waals surface area contributed by atoms with Crippen LogP contribution < -0.4 is 5.32 Å². The molecule has 21 heavy (non-hydrogen) atoms. The van der Waals surface area contributed by atoms with Crippen LogP contribution >= 0.6 is 0 Å². The summed E-state index contributed by atoms with van der Waals surface area (Å²) in [5.41, 5.74) is -1.93. The molecule has 6 nitrogen and oxygen atoms in total. The predicted molar refractivity (Wildman–Crippen MR) is 80.0 cm³/mol. The molecular weight excluding hydrogens is 272 g/mol. The molecule has 1 unspecified atom stereocenters. The first-order valence-corrected chi connectivity index (χ1v) is 7.53. The first-order chi connectivity index (χ1) is 9.61. The zero-order valence-electron chi connectivity index (χ0n) is 13.5. The molecule has 0 aliphatic carbocycles. The van der Waals surface area contributed by atoms with E-state index in [4.69, 9.17) is 5.11 Å². The van der Waals surface area contributed by atoms with Gasteiger partial charge in [-0.25, -0.2) is 4.79 Å². The minimum absolute atomic E-state index is 0.137. The normalized spacial score (nSPS) is 20.2. The first kappa shape index (κ1) is 17.8. The number of aliphatic hydroxyl groups excluding tert-OH is 1. The number of hydrogen-bond acceptors (Lipinski definition) is 3. The van der Waals surface area contributed by atoms with Crippen LogP contribution in [0.2, 0.25) is 0 Å². The first-order valence-electron chi connectivity index (χ1n) is 7.53. The Morgan fingerprint density at radius 1 is 1.29 bits per heavy atom. The predicted octanol–water partition coefficient (Wildman–Crippen LogP) is 1.68. The number of carbonyl (C=O) groups excluding carboxylic acids is 1. The summed E-state index contributed by atoms with van der Waals surface area (Å²) < 4.78 is 0. The third-order valence-electron chi connectivity index (χ3n) is 4.86. The maximum Gasteiger partial charge on any atom is 0.317 e. The van der Waals surface area contributed by atoms with Gasteiger partial charge in [-0.2, -0.15) is 0 Å². The van der Waals surface area contributed by atoms with Crippen LogP contribution in [0, 0.1) is 11.3 Å². The number of nitrogens with zero attached hydrogens (tertiary/aromatic N) is 1. The summed E-state index contributed by atoms with van der Waals surface area (Å²) in [6.07, 6.45) is 2.64. The van der Waals surface area contributed by atoms with E-state index in [0.717, 1.165) is 12.8 Å². The highest BCUT2D eigenvalue weighted by Gasteiger charge is 2.45. The van der Waals surface area contributed by atoms with Crippen LogP contribution in [0.1, 0.15) is 47.0 Å². The van der Waals surface area contributed by atoms with Crippen molar-refractivity contribution in [1.82, 2.24) is 10.2 Å². The second-order valence-electron chi connectivity index (χ2n) is 6.95. The van der Waals surface area contributed by atoms with E-state index in [0.29, 0.717) is 25.4 Å². The topological polar surface area (TPSA) is 89.9 Å². The molecule has 3 N–H and O–H groups in total. The quantitative estimate of drug-likeness (QED) is 0.720. The van der Waals surface area contributed by atoms with Gasteiger partial charge in [0, 0.05) is 19.7 Å². The summed E-state index contributed by atoms with van der Waals surface area (Å²) in [4.78, 5) is 25.5. The van der Waals surface area contributed by atoms with E-state index < -0.39 is 16.9 Å². The molecule has 1 saturated heterocycles. The summed E-state index contributed by atoms with van der Waals surface area (Å²) in [7, 11) is 0. The van der Waals surface area contributed by atoms with E-state index in [9.17, 15) is 14.7 Å². The molecule has 2 amide bonds. The summed E-state index contributed by atoms with van der Waals surface area (Å²) >= 11 is 0. The number of nitrogens with one attached hydrogen (secondary N) is 1. The second kappa shape index (κ2) is 6.64. The number of carboxylic acid groups (broad SMARTS) is 1. The zero-order valence-corrected chi connectivity index (χ0v) is 13.5. The van der Waals surface area contributed by atoms with Gasteiger partial charge in [0.1, 0.15) is 0 Å². The van der Waals surface area contributed by atoms with Gasteiger partial charge in [0.2, 0.25) is 0 Å². The lowest BCUT2D eigenvalue weighted by Gasteiger charge is -2.41. The van der Waals surface area contributed by atoms with Crippen LogP contribution in [0.4, 0.5) is 4.79 Å². The summed E-state index contributed by atoms with van der Waals surface area (Å²) in [5.74, 6) is -0.616. The Kier molecular flexibility index (Phi) is 5.61. The number of amides is 2. The molecule has 0 aromatic heterocycles. The van der Waals surface area contributed by atoms with Crippen molar-refractivity contribution in [2.24, 2.45) is 11.3 Å². The van der Waals surface area contributed by atoms with Crippen molar-refractivity contribution in [2.45, 2.75) is 52.5 Å². The van der Waals surface area contributed by atoms with Crippen molar-refractivity contribution in [3.63, 3.8) is 0 Å². The molecule has 1 heterocycles. The minimum Gasteiger partial charge on any atom is -0.481 e. The van der Waals surface area contributed by atoms with Crippen LogP contribution in [0.15, 0.2) is 0 Å². The van der Waals surface area contributed by atoms with Gasteiger partial charge < -0.3 is 20.4 Å². The smallest absolute Gasteiger partial charge is 0.317 e. The molecule has 1 aliphatic rings. The monoisotopic (exact) mass is 300 g/mol. The average molecular weight is 300 g/mol. The highest BCUT2D eigenvalue weighted by atomic mass is 16.4. The molecule has 0 aromatic carbocycles. The van der Waals surface area contributed by atoms with E-state index in [1.54, 1.807) is 32.6 Å². The van der Waals surface area contributed by atoms with Crippen LogP contribution in [0.25, 0.3) is 0 Å². The number of carbonyl (C=O) groups is 2. The van der Waals surface area contributed by atoms with Gasteiger partial charge in [0.05, 0.1) is 11.0 Å². The van der Waals surface area contributed by atoms with E-state index in [1.807, 2.05) is 0 Å². The number of aliphatic carboxylic acids is 1. The fourth-order valence-corrected chi connectivity index (χ4v) is 2.44. The number of likely N-dealkylation sites (tertiary alicyclic amines) is 1. The minimum atomic E-state index is -1.07. The Bertz CT molecular complexity index is 391. The Morgan fingerprint density at radius 3 is 2.43 bits per heavy atom. The van der Waals surface area contributed by atoms with Crippen LogP contribution in [0.5, 0.6) is 0 Å². The largest absolute Gasteiger partial charge is 0.481 e. The van der Waals surface area contributed by atoms with Crippen LogP contribution in [0.3, 0.4) is 0 Å². The molecule has 122 valence electrons. The van der Waals surface area contributed by atoms with Gasteiger partial charge in [0.25, 0.3) is 0 Å². The van der Waals surface area contributed by atoms with Crippen LogP contribution in [-0.2, 0) is 4.79 Å². The van der Waals surface area contributed by atoms with Crippen molar-refractivity contribution in [1.29, 1.82) is 0 Å². The average Bonchev–Trinajstić information content (AvgIpc) is 2.38. The van der Waals surface area contributed by atoms with Crippen LogP contribution in [-0.4, -0.2) is 52.3 Å². The summed E-state index contributed by atoms with van der Waals surface area (Å²) in [5, 5.41) is 21.2. The Balaban J connectivity index is 2.69. The fourth-order valence-electron chi connectivity index (χ4n) is 2.44. The molecule has 0 radical (unpaired) electrons. The Hall–Kier alpha value is -1.30. The lowest BCUT2D eigenvalue weighted by molar-refractivity contribution is -0.150. The van der Waals surface area contributed by atoms with E-state index in [2.05, 4.69) is 5.32 Å². The zero-order chi connectivity index (χ0) is 16.3. The summed E-state index contributed by atoms with van der Waals surface area (Å²) in [6, 6.07) is -0.225. The third-order valence-corrected chi connectivity index (χ3v) is 4.86. The van der Waals surface area contributed by atoms with Crippen molar-refractivity contribution in [3.05, 3.63) is 0 Å². The number of carboxylic acids is 1. The van der Waals surface area contributed by atoms with Crippen molar-refractivity contribution in [2.75, 3.05) is 19.7 Å². The number of hydrogen-bond donors (Lipinski definition) is 3. The molecule has 1 aliphatic heterocycles. The Labute approximate surface area is 126 Å². The molecule has 1 atom stereocenters. The molecular formula is C15H28N2O4. The SMILES string of the molecule is CC(C)(NC(=O)N1CCCC(CCO)C1)C(C)(C)C(=O)O. The van der Waals surface area contributed by atoms with Gasteiger partial charge >= 0.3 is 12.0 Å². The van der Waals surface area contributed by atoms with Gasteiger partial charge in [-0.3, -0.25) is 4.79 Å². The molecule has 0 spiro atoms. The molecule has 0 saturated carbocycles. The maximum absolute atomic E-state index is 12.4. The fraction of sp³-hybridized carbons (Fsp3) is 0.867. The number of urea groups is 1.